The van der Waals surface area contributed by atoms with Crippen molar-refractivity contribution in [3.63, 3.8) is 0 Å². The lowest BCUT2D eigenvalue weighted by molar-refractivity contribution is -0.143. The van der Waals surface area contributed by atoms with E-state index >= 15 is 0 Å². The van der Waals surface area contributed by atoms with Crippen LogP contribution in [0.1, 0.15) is 85.8 Å². The zero-order valence-corrected chi connectivity index (χ0v) is 21.4. The molecule has 2 unspecified atom stereocenters. The van der Waals surface area contributed by atoms with Crippen molar-refractivity contribution in [2.45, 2.75) is 77.2 Å². The van der Waals surface area contributed by atoms with Crippen LogP contribution in [0.3, 0.4) is 0 Å². The molecule has 1 amide bonds. The van der Waals surface area contributed by atoms with E-state index in [4.69, 9.17) is 0 Å². The van der Waals surface area contributed by atoms with Crippen molar-refractivity contribution in [3.8, 4) is 0 Å². The Hall–Kier alpha value is -2.73. The minimum absolute atomic E-state index is 0.0424. The highest BCUT2D eigenvalue weighted by Gasteiger charge is 2.48. The molecule has 0 spiro atoms. The Bertz CT molecular complexity index is 1020. The SMILES string of the molecule is CCCN(CCC)CC(C)NC(=O)c1ccc(C2CC[C@@](C(=O)O)(c3cccc(F)c3C)C2)cc1. The maximum atomic E-state index is 14.2. The summed E-state index contributed by atoms with van der Waals surface area (Å²) < 4.78 is 14.2. The van der Waals surface area contributed by atoms with Gasteiger partial charge in [-0.1, -0.05) is 38.1 Å². The van der Waals surface area contributed by atoms with Crippen molar-refractivity contribution in [2.24, 2.45) is 0 Å². The summed E-state index contributed by atoms with van der Waals surface area (Å²) in [6.07, 6.45) is 3.76. The Morgan fingerprint density at radius 3 is 2.40 bits per heavy atom. The van der Waals surface area contributed by atoms with E-state index in [9.17, 15) is 19.1 Å². The van der Waals surface area contributed by atoms with Crippen LogP contribution < -0.4 is 5.32 Å². The highest BCUT2D eigenvalue weighted by molar-refractivity contribution is 5.94. The van der Waals surface area contributed by atoms with Crippen molar-refractivity contribution in [2.75, 3.05) is 19.6 Å². The minimum atomic E-state index is -1.09. The van der Waals surface area contributed by atoms with Gasteiger partial charge in [-0.25, -0.2) is 4.39 Å². The third kappa shape index (κ3) is 6.10. The van der Waals surface area contributed by atoms with Crippen molar-refractivity contribution in [1.29, 1.82) is 0 Å². The van der Waals surface area contributed by atoms with Crippen molar-refractivity contribution >= 4 is 11.9 Å². The zero-order valence-electron chi connectivity index (χ0n) is 21.4. The van der Waals surface area contributed by atoms with Crippen LogP contribution in [0, 0.1) is 12.7 Å². The topological polar surface area (TPSA) is 69.6 Å². The lowest BCUT2D eigenvalue weighted by Crippen LogP contribution is -2.42. The molecule has 0 aromatic heterocycles. The van der Waals surface area contributed by atoms with Crippen LogP contribution in [0.2, 0.25) is 0 Å². The van der Waals surface area contributed by atoms with E-state index in [2.05, 4.69) is 24.1 Å². The van der Waals surface area contributed by atoms with E-state index in [0.717, 1.165) is 38.0 Å². The summed E-state index contributed by atoms with van der Waals surface area (Å²) in [5, 5.41) is 13.2. The second-order valence-corrected chi connectivity index (χ2v) is 10.0. The predicted molar refractivity (Wildman–Crippen MR) is 137 cm³/mol. The first kappa shape index (κ1) is 26.9. The number of carbonyl (C=O) groups excluding carboxylic acids is 1. The Labute approximate surface area is 208 Å². The molecule has 0 aliphatic heterocycles. The third-order valence-electron chi connectivity index (χ3n) is 7.34. The van der Waals surface area contributed by atoms with Gasteiger partial charge in [-0.2, -0.15) is 0 Å². The molecule has 3 atom stereocenters. The monoisotopic (exact) mass is 482 g/mol. The molecule has 1 saturated carbocycles. The normalized spacial score (nSPS) is 20.7. The van der Waals surface area contributed by atoms with Crippen LogP contribution in [0.4, 0.5) is 4.39 Å². The maximum Gasteiger partial charge on any atom is 0.314 e. The van der Waals surface area contributed by atoms with Crippen LogP contribution in [-0.4, -0.2) is 47.6 Å². The van der Waals surface area contributed by atoms with Crippen LogP contribution in [-0.2, 0) is 10.2 Å². The fourth-order valence-electron chi connectivity index (χ4n) is 5.58. The number of hydrogen-bond donors (Lipinski definition) is 2. The fraction of sp³-hybridized carbons (Fsp3) is 0.517. The molecule has 1 aliphatic rings. The van der Waals surface area contributed by atoms with Gasteiger partial charge >= 0.3 is 5.97 Å². The van der Waals surface area contributed by atoms with Gasteiger partial charge in [-0.3, -0.25) is 9.59 Å². The molecule has 3 rings (SSSR count). The number of benzene rings is 2. The lowest BCUT2D eigenvalue weighted by Gasteiger charge is -2.27. The molecule has 2 aromatic carbocycles. The van der Waals surface area contributed by atoms with Gasteiger partial charge in [0.1, 0.15) is 5.82 Å². The van der Waals surface area contributed by atoms with E-state index in [0.29, 0.717) is 36.0 Å². The van der Waals surface area contributed by atoms with E-state index in [1.807, 2.05) is 31.2 Å². The van der Waals surface area contributed by atoms with Gasteiger partial charge in [0.05, 0.1) is 5.41 Å². The highest BCUT2D eigenvalue weighted by Crippen LogP contribution is 2.49. The average molecular weight is 483 g/mol. The molecule has 0 saturated heterocycles. The zero-order chi connectivity index (χ0) is 25.6. The van der Waals surface area contributed by atoms with Crippen LogP contribution in [0.25, 0.3) is 0 Å². The van der Waals surface area contributed by atoms with Crippen molar-refractivity contribution in [3.05, 3.63) is 70.5 Å². The van der Waals surface area contributed by atoms with Gasteiger partial charge in [0.2, 0.25) is 0 Å². The number of nitrogens with zero attached hydrogens (tertiary/aromatic N) is 1. The summed E-state index contributed by atoms with van der Waals surface area (Å²) in [7, 11) is 0. The van der Waals surface area contributed by atoms with Crippen molar-refractivity contribution < 1.29 is 19.1 Å². The Kier molecular flexibility index (Phi) is 9.06. The first-order valence-corrected chi connectivity index (χ1v) is 12.8. The molecular weight excluding hydrogens is 443 g/mol. The quantitative estimate of drug-likeness (QED) is 0.433. The second kappa shape index (κ2) is 11.8. The first-order chi connectivity index (χ1) is 16.7. The van der Waals surface area contributed by atoms with Crippen LogP contribution >= 0.6 is 0 Å². The molecule has 190 valence electrons. The molecule has 1 aliphatic carbocycles. The summed E-state index contributed by atoms with van der Waals surface area (Å²) in [5.41, 5.74) is 1.50. The van der Waals surface area contributed by atoms with Crippen LogP contribution in [0.5, 0.6) is 0 Å². The number of aliphatic carboxylic acids is 1. The number of hydrogen-bond acceptors (Lipinski definition) is 3. The van der Waals surface area contributed by atoms with Gasteiger partial charge < -0.3 is 15.3 Å². The average Bonchev–Trinajstić information content (AvgIpc) is 3.28. The van der Waals surface area contributed by atoms with E-state index in [-0.39, 0.29) is 23.7 Å². The van der Waals surface area contributed by atoms with Gasteiger partial charge in [0.25, 0.3) is 5.91 Å². The number of nitrogens with one attached hydrogen (secondary N) is 1. The summed E-state index contributed by atoms with van der Waals surface area (Å²) in [4.78, 5) is 27.6. The Morgan fingerprint density at radius 2 is 1.80 bits per heavy atom. The molecule has 2 aromatic rings. The molecule has 5 nitrogen and oxygen atoms in total. The molecular formula is C29H39FN2O3. The molecule has 1 fully saturated rings. The maximum absolute atomic E-state index is 14.2. The molecule has 0 heterocycles. The van der Waals surface area contributed by atoms with Gasteiger partial charge in [0.15, 0.2) is 0 Å². The number of carbonyl (C=O) groups is 2. The summed E-state index contributed by atoms with van der Waals surface area (Å²) in [6, 6.07) is 12.3. The van der Waals surface area contributed by atoms with Gasteiger partial charge in [-0.05, 0) is 99.8 Å². The highest BCUT2D eigenvalue weighted by atomic mass is 19.1. The largest absolute Gasteiger partial charge is 0.481 e. The smallest absolute Gasteiger partial charge is 0.314 e. The number of rotatable bonds is 11. The summed E-state index contributed by atoms with van der Waals surface area (Å²) in [5.74, 6) is -1.33. The molecule has 6 heteroatoms. The van der Waals surface area contributed by atoms with Crippen molar-refractivity contribution in [1.82, 2.24) is 10.2 Å². The summed E-state index contributed by atoms with van der Waals surface area (Å²) >= 11 is 0. The van der Waals surface area contributed by atoms with Crippen LogP contribution in [0.15, 0.2) is 42.5 Å². The molecule has 0 radical (unpaired) electrons. The second-order valence-electron chi connectivity index (χ2n) is 10.0. The molecule has 0 bridgehead atoms. The van der Waals surface area contributed by atoms with E-state index in [1.165, 1.54) is 6.07 Å². The number of amides is 1. The van der Waals surface area contributed by atoms with E-state index < -0.39 is 11.4 Å². The minimum Gasteiger partial charge on any atom is -0.481 e. The fourth-order valence-corrected chi connectivity index (χ4v) is 5.58. The third-order valence-corrected chi connectivity index (χ3v) is 7.34. The number of halogens is 1. The number of carboxylic acids is 1. The Balaban J connectivity index is 1.68. The van der Waals surface area contributed by atoms with E-state index in [1.54, 1.807) is 19.1 Å². The molecule has 2 N–H and O–H groups in total. The summed E-state index contributed by atoms with van der Waals surface area (Å²) in [6.45, 7) is 10.9. The lowest BCUT2D eigenvalue weighted by atomic mass is 9.75. The standard InChI is InChI=1S/C29H39FN2O3/c1-5-16-32(17-6-2)19-20(3)31-27(33)23-12-10-22(11-13-23)24-14-15-29(18-24,28(34)35)25-8-7-9-26(30)21(25)4/h7-13,20,24H,5-6,14-19H2,1-4H3,(H,31,33)(H,34,35)/t20?,24?,29-/m0/s1. The predicted octanol–water partition coefficient (Wildman–Crippen LogP) is 5.66. The van der Waals surface area contributed by atoms with Gasteiger partial charge in [0, 0.05) is 18.2 Å². The Morgan fingerprint density at radius 1 is 1.14 bits per heavy atom. The van der Waals surface area contributed by atoms with Gasteiger partial charge in [-0.15, -0.1) is 0 Å². The number of carboxylic acid groups (broad SMARTS) is 1. The molecule has 35 heavy (non-hydrogen) atoms. The first-order valence-electron chi connectivity index (χ1n) is 12.8.